The molecule has 0 unspecified atom stereocenters. The van der Waals surface area contributed by atoms with Gasteiger partial charge in [-0.2, -0.15) is 0 Å². The fourth-order valence-electron chi connectivity index (χ4n) is 3.54. The summed E-state index contributed by atoms with van der Waals surface area (Å²) in [5.74, 6) is 1.15. The molecule has 3 aromatic rings. The number of phenolic OH excluding ortho intramolecular Hbond substituents is 1. The summed E-state index contributed by atoms with van der Waals surface area (Å²) < 4.78 is 0. The van der Waals surface area contributed by atoms with E-state index in [0.717, 1.165) is 49.1 Å². The zero-order valence-corrected chi connectivity index (χ0v) is 14.2. The molecule has 0 atom stereocenters. The summed E-state index contributed by atoms with van der Waals surface area (Å²) in [6, 6.07) is 18.5. The molecule has 0 saturated carbocycles. The summed E-state index contributed by atoms with van der Waals surface area (Å²) in [5.41, 5.74) is 1.38. The van der Waals surface area contributed by atoms with Gasteiger partial charge in [0, 0.05) is 37.3 Å². The quantitative estimate of drug-likeness (QED) is 0.757. The van der Waals surface area contributed by atoms with Gasteiger partial charge in [0.25, 0.3) is 0 Å². The molecule has 4 nitrogen and oxygen atoms in total. The number of piperidine rings is 1. The van der Waals surface area contributed by atoms with Crippen LogP contribution in [-0.2, 0) is 6.54 Å². The zero-order chi connectivity index (χ0) is 17.1. The van der Waals surface area contributed by atoms with Crippen molar-refractivity contribution in [3.63, 3.8) is 0 Å². The molecule has 128 valence electrons. The molecule has 1 aliphatic rings. The van der Waals surface area contributed by atoms with Gasteiger partial charge in [-0.15, -0.1) is 0 Å². The van der Waals surface area contributed by atoms with Crippen LogP contribution >= 0.6 is 0 Å². The number of likely N-dealkylation sites (tertiary alicyclic amines) is 1. The Bertz CT molecular complexity index is 842. The van der Waals surface area contributed by atoms with Gasteiger partial charge in [0.2, 0.25) is 0 Å². The lowest BCUT2D eigenvalue weighted by Crippen LogP contribution is -2.38. The van der Waals surface area contributed by atoms with Crippen molar-refractivity contribution in [3.8, 4) is 5.75 Å². The Labute approximate surface area is 148 Å². The normalized spacial score (nSPS) is 16.2. The predicted molar refractivity (Wildman–Crippen MR) is 102 cm³/mol. The van der Waals surface area contributed by atoms with Gasteiger partial charge in [0.05, 0.1) is 0 Å². The number of benzene rings is 2. The molecular weight excluding hydrogens is 310 g/mol. The second-order valence-corrected chi connectivity index (χ2v) is 6.75. The van der Waals surface area contributed by atoms with Crippen molar-refractivity contribution in [1.29, 1.82) is 0 Å². The second-order valence-electron chi connectivity index (χ2n) is 6.75. The van der Waals surface area contributed by atoms with Gasteiger partial charge in [0.1, 0.15) is 11.6 Å². The highest BCUT2D eigenvalue weighted by Crippen LogP contribution is 2.27. The maximum atomic E-state index is 9.77. The topological polar surface area (TPSA) is 48.4 Å². The molecule has 0 aliphatic carbocycles. The number of phenols is 1. The van der Waals surface area contributed by atoms with Gasteiger partial charge >= 0.3 is 0 Å². The molecule has 1 aromatic heterocycles. The van der Waals surface area contributed by atoms with Crippen LogP contribution in [0.5, 0.6) is 5.75 Å². The molecule has 0 radical (unpaired) electrons. The number of hydrogen-bond donors (Lipinski definition) is 2. The molecule has 25 heavy (non-hydrogen) atoms. The number of rotatable bonds is 4. The number of aromatic hydroxyl groups is 1. The molecule has 4 rings (SSSR count). The van der Waals surface area contributed by atoms with Gasteiger partial charge < -0.3 is 10.4 Å². The summed E-state index contributed by atoms with van der Waals surface area (Å²) in [7, 11) is 0. The first-order valence-corrected chi connectivity index (χ1v) is 8.88. The maximum absolute atomic E-state index is 9.77. The lowest BCUT2D eigenvalue weighted by atomic mass is 10.0. The van der Waals surface area contributed by atoms with Crippen LogP contribution in [0.2, 0.25) is 0 Å². The van der Waals surface area contributed by atoms with Crippen LogP contribution in [0, 0.1) is 0 Å². The summed E-state index contributed by atoms with van der Waals surface area (Å²) in [4.78, 5) is 7.00. The van der Waals surface area contributed by atoms with E-state index < -0.39 is 0 Å². The molecule has 2 heterocycles. The molecular formula is C21H23N3O. The van der Waals surface area contributed by atoms with Crippen molar-refractivity contribution < 1.29 is 5.11 Å². The Morgan fingerprint density at radius 3 is 2.64 bits per heavy atom. The minimum atomic E-state index is 0.279. The van der Waals surface area contributed by atoms with E-state index in [-0.39, 0.29) is 5.75 Å². The van der Waals surface area contributed by atoms with E-state index >= 15 is 0 Å². The molecule has 0 bridgehead atoms. The Hall–Kier alpha value is -2.59. The van der Waals surface area contributed by atoms with E-state index in [1.807, 2.05) is 18.3 Å². The van der Waals surface area contributed by atoms with E-state index in [2.05, 4.69) is 45.5 Å². The molecule has 2 N–H and O–H groups in total. The maximum Gasteiger partial charge on any atom is 0.134 e. The number of nitrogens with zero attached hydrogens (tertiary/aromatic N) is 2. The first-order chi connectivity index (χ1) is 12.3. The van der Waals surface area contributed by atoms with Crippen LogP contribution in [0.1, 0.15) is 18.4 Å². The van der Waals surface area contributed by atoms with Crippen molar-refractivity contribution in [2.45, 2.75) is 25.4 Å². The highest BCUT2D eigenvalue weighted by molar-refractivity contribution is 5.92. The zero-order valence-electron chi connectivity index (χ0n) is 14.2. The van der Waals surface area contributed by atoms with Crippen LogP contribution in [0.4, 0.5) is 5.82 Å². The summed E-state index contributed by atoms with van der Waals surface area (Å²) in [6.45, 7) is 3.19. The lowest BCUT2D eigenvalue weighted by Gasteiger charge is -2.32. The fourth-order valence-corrected chi connectivity index (χ4v) is 3.54. The molecule has 1 saturated heterocycles. The summed E-state index contributed by atoms with van der Waals surface area (Å²) >= 11 is 0. The summed E-state index contributed by atoms with van der Waals surface area (Å²) in [6.07, 6.45) is 4.03. The molecule has 4 heteroatoms. The van der Waals surface area contributed by atoms with Crippen LogP contribution < -0.4 is 5.32 Å². The van der Waals surface area contributed by atoms with Gasteiger partial charge in [-0.1, -0.05) is 36.4 Å². The largest absolute Gasteiger partial charge is 0.508 e. The van der Waals surface area contributed by atoms with E-state index in [1.54, 1.807) is 12.1 Å². The van der Waals surface area contributed by atoms with Gasteiger partial charge in [0.15, 0.2) is 0 Å². The van der Waals surface area contributed by atoms with Gasteiger partial charge in [-0.25, -0.2) is 4.98 Å². The number of hydrogen-bond acceptors (Lipinski definition) is 4. The Balaban J connectivity index is 1.40. The third-order valence-electron chi connectivity index (χ3n) is 4.93. The Kier molecular flexibility index (Phi) is 4.53. The van der Waals surface area contributed by atoms with Gasteiger partial charge in [-0.3, -0.25) is 4.90 Å². The minimum Gasteiger partial charge on any atom is -0.508 e. The van der Waals surface area contributed by atoms with Crippen LogP contribution in [0.15, 0.2) is 60.8 Å². The third-order valence-corrected chi connectivity index (χ3v) is 4.93. The highest BCUT2D eigenvalue weighted by Gasteiger charge is 2.20. The van der Waals surface area contributed by atoms with Crippen molar-refractivity contribution >= 4 is 16.6 Å². The third kappa shape index (κ3) is 3.74. The average molecular weight is 333 g/mol. The van der Waals surface area contributed by atoms with Crippen molar-refractivity contribution in [3.05, 3.63) is 66.4 Å². The van der Waals surface area contributed by atoms with E-state index in [0.29, 0.717) is 6.04 Å². The highest BCUT2D eigenvalue weighted by atomic mass is 16.3. The molecule has 0 amide bonds. The molecule has 1 aliphatic heterocycles. The number of fused-ring (bicyclic) bond motifs is 1. The van der Waals surface area contributed by atoms with E-state index in [1.165, 1.54) is 5.56 Å². The van der Waals surface area contributed by atoms with Crippen molar-refractivity contribution in [2.24, 2.45) is 0 Å². The van der Waals surface area contributed by atoms with Crippen molar-refractivity contribution in [2.75, 3.05) is 18.4 Å². The molecule has 1 fully saturated rings. The Morgan fingerprint density at radius 1 is 1.04 bits per heavy atom. The van der Waals surface area contributed by atoms with Crippen LogP contribution in [0.3, 0.4) is 0 Å². The standard InChI is InChI=1S/C21H23N3O/c25-19-7-6-17-8-11-22-21(20(17)14-19)23-18-9-12-24(13-10-18)15-16-4-2-1-3-5-16/h1-8,11,14,18,25H,9-10,12-13,15H2,(H,22,23). The average Bonchev–Trinajstić information content (AvgIpc) is 2.65. The summed E-state index contributed by atoms with van der Waals surface area (Å²) in [5, 5.41) is 15.4. The minimum absolute atomic E-state index is 0.279. The van der Waals surface area contributed by atoms with Crippen LogP contribution in [0.25, 0.3) is 10.8 Å². The van der Waals surface area contributed by atoms with Crippen molar-refractivity contribution in [1.82, 2.24) is 9.88 Å². The second kappa shape index (κ2) is 7.11. The molecule has 2 aromatic carbocycles. The first-order valence-electron chi connectivity index (χ1n) is 8.88. The number of anilines is 1. The lowest BCUT2D eigenvalue weighted by molar-refractivity contribution is 0.211. The van der Waals surface area contributed by atoms with Gasteiger partial charge in [-0.05, 0) is 42.0 Å². The Morgan fingerprint density at radius 2 is 1.84 bits per heavy atom. The fraction of sp³-hybridized carbons (Fsp3) is 0.286. The van der Waals surface area contributed by atoms with Crippen LogP contribution in [-0.4, -0.2) is 34.1 Å². The smallest absolute Gasteiger partial charge is 0.134 e. The monoisotopic (exact) mass is 333 g/mol. The van der Waals surface area contributed by atoms with E-state index in [9.17, 15) is 5.11 Å². The molecule has 0 spiro atoms. The number of pyridine rings is 1. The SMILES string of the molecule is Oc1ccc2ccnc(NC3CCN(Cc4ccccc4)CC3)c2c1. The number of nitrogens with one attached hydrogen (secondary N) is 1. The first kappa shape index (κ1) is 15.9. The predicted octanol–water partition coefficient (Wildman–Crippen LogP) is 4.02. The van der Waals surface area contributed by atoms with E-state index in [4.69, 9.17) is 0 Å². The number of aromatic nitrogens is 1.